The largest absolute Gasteiger partial charge is 0.490 e. The van der Waals surface area contributed by atoms with Crippen molar-refractivity contribution < 1.29 is 9.47 Å². The van der Waals surface area contributed by atoms with E-state index < -0.39 is 0 Å². The minimum absolute atomic E-state index is 0.482. The number of aromatic nitrogens is 3. The molecule has 0 saturated heterocycles. The van der Waals surface area contributed by atoms with E-state index in [1.807, 2.05) is 25.1 Å². The quantitative estimate of drug-likeness (QED) is 0.487. The molecule has 2 N–H and O–H groups in total. The molecule has 0 saturated carbocycles. The second-order valence-corrected chi connectivity index (χ2v) is 7.21. The van der Waals surface area contributed by atoms with Gasteiger partial charge in [0.05, 0.1) is 13.2 Å². The number of aromatic amines is 1. The lowest BCUT2D eigenvalue weighted by atomic mass is 10.1. The van der Waals surface area contributed by atoms with Gasteiger partial charge >= 0.3 is 0 Å². The fourth-order valence-corrected chi connectivity index (χ4v) is 3.21. The van der Waals surface area contributed by atoms with E-state index in [0.29, 0.717) is 36.0 Å². The van der Waals surface area contributed by atoms with E-state index in [2.05, 4.69) is 56.7 Å². The van der Waals surface area contributed by atoms with E-state index in [-0.39, 0.29) is 0 Å². The van der Waals surface area contributed by atoms with Crippen LogP contribution in [-0.2, 0) is 13.2 Å². The second kappa shape index (κ2) is 9.05. The van der Waals surface area contributed by atoms with Crippen LogP contribution in [0.1, 0.15) is 23.6 Å². The van der Waals surface area contributed by atoms with E-state index in [9.17, 15) is 0 Å². The lowest BCUT2D eigenvalue weighted by Gasteiger charge is -2.16. The van der Waals surface area contributed by atoms with Crippen molar-refractivity contribution in [2.75, 3.05) is 12.0 Å². The molecular weight excluding hydrogens is 428 g/mol. The Morgan fingerprint density at radius 2 is 2.04 bits per heavy atom. The van der Waals surface area contributed by atoms with Gasteiger partial charge in [0.15, 0.2) is 11.5 Å². The van der Waals surface area contributed by atoms with E-state index in [1.165, 1.54) is 5.56 Å². The Labute approximate surface area is 171 Å². The maximum atomic E-state index is 6.02. The first-order chi connectivity index (χ1) is 13.1. The molecule has 0 atom stereocenters. The molecule has 0 fully saturated rings. The molecule has 0 radical (unpaired) electrons. The van der Waals surface area contributed by atoms with Crippen LogP contribution in [0.5, 0.6) is 11.5 Å². The summed E-state index contributed by atoms with van der Waals surface area (Å²) in [5.41, 5.74) is 6.54. The maximum absolute atomic E-state index is 6.02. The van der Waals surface area contributed by atoms with Gasteiger partial charge in [-0.3, -0.25) is 5.10 Å². The zero-order valence-corrected chi connectivity index (χ0v) is 17.6. The maximum Gasteiger partial charge on any atom is 0.214 e. The fourth-order valence-electron chi connectivity index (χ4n) is 2.59. The van der Waals surface area contributed by atoms with Crippen LogP contribution in [-0.4, -0.2) is 21.5 Å². The van der Waals surface area contributed by atoms with Crippen molar-refractivity contribution in [3.8, 4) is 11.5 Å². The Hall–Kier alpha value is -2.32. The molecule has 0 spiro atoms. The average Bonchev–Trinajstić information content (AvgIpc) is 3.05. The molecule has 1 heterocycles. The zero-order valence-electron chi connectivity index (χ0n) is 15.2. The molecule has 8 heteroatoms. The van der Waals surface area contributed by atoms with Crippen LogP contribution in [0.4, 0.5) is 0 Å². The highest BCUT2D eigenvalue weighted by atomic mass is 79.9. The summed E-state index contributed by atoms with van der Waals surface area (Å²) in [5, 5.41) is 6.60. The third-order valence-corrected chi connectivity index (χ3v) is 4.91. The number of H-pyrrole nitrogens is 1. The van der Waals surface area contributed by atoms with Crippen LogP contribution in [0.2, 0.25) is 0 Å². The van der Waals surface area contributed by atoms with Crippen LogP contribution >= 0.6 is 28.1 Å². The average molecular weight is 449 g/mol. The van der Waals surface area contributed by atoms with Crippen LogP contribution in [0, 0.1) is 11.7 Å². The van der Waals surface area contributed by atoms with E-state index in [1.54, 1.807) is 11.0 Å². The molecule has 2 aromatic carbocycles. The van der Waals surface area contributed by atoms with Crippen molar-refractivity contribution in [1.82, 2.24) is 14.9 Å². The predicted molar refractivity (Wildman–Crippen MR) is 111 cm³/mol. The minimum atomic E-state index is 0.482. The van der Waals surface area contributed by atoms with Gasteiger partial charge in [-0.25, -0.2) is 4.68 Å². The Balaban J connectivity index is 1.76. The number of halogens is 1. The standard InChI is InChI=1S/C19H21BrN4O2S/c1-3-25-17-8-15(10-22-24-12-21-23-19(24)27)16(20)9-18(17)26-11-14-6-4-5-13(2)7-14/h4-9,12,22H,3,10-11H2,1-2H3,(H,23,27). The van der Waals surface area contributed by atoms with Gasteiger partial charge in [-0.05, 0) is 49.3 Å². The zero-order chi connectivity index (χ0) is 19.2. The number of aryl methyl sites for hydroxylation is 1. The van der Waals surface area contributed by atoms with Gasteiger partial charge < -0.3 is 14.9 Å². The fraction of sp³-hybridized carbons (Fsp3) is 0.263. The van der Waals surface area contributed by atoms with Gasteiger partial charge in [-0.2, -0.15) is 5.10 Å². The molecular formula is C19H21BrN4O2S. The molecule has 6 nitrogen and oxygen atoms in total. The Morgan fingerprint density at radius 1 is 1.22 bits per heavy atom. The first-order valence-corrected chi connectivity index (χ1v) is 9.76. The normalized spacial score (nSPS) is 10.6. The summed E-state index contributed by atoms with van der Waals surface area (Å²) < 4.78 is 14.9. The third-order valence-electron chi connectivity index (χ3n) is 3.88. The Bertz CT molecular complexity index is 970. The highest BCUT2D eigenvalue weighted by Gasteiger charge is 2.12. The summed E-state index contributed by atoms with van der Waals surface area (Å²) in [6, 6.07) is 12.2. The molecule has 0 unspecified atom stereocenters. The first-order valence-electron chi connectivity index (χ1n) is 8.56. The summed E-state index contributed by atoms with van der Waals surface area (Å²) in [5.74, 6) is 1.41. The molecule has 0 aliphatic heterocycles. The van der Waals surface area contributed by atoms with Gasteiger partial charge in [0.2, 0.25) is 4.77 Å². The molecule has 0 bridgehead atoms. The second-order valence-electron chi connectivity index (χ2n) is 5.97. The van der Waals surface area contributed by atoms with Crippen molar-refractivity contribution in [3.63, 3.8) is 0 Å². The number of ether oxygens (including phenoxy) is 2. The van der Waals surface area contributed by atoms with Crippen molar-refractivity contribution >= 4 is 28.1 Å². The van der Waals surface area contributed by atoms with Crippen molar-refractivity contribution in [1.29, 1.82) is 0 Å². The third kappa shape index (κ3) is 5.11. The highest BCUT2D eigenvalue weighted by Crippen LogP contribution is 2.34. The molecule has 1 aromatic heterocycles. The van der Waals surface area contributed by atoms with Gasteiger partial charge in [-0.15, -0.1) is 0 Å². The predicted octanol–water partition coefficient (Wildman–Crippen LogP) is 4.73. The molecule has 3 aromatic rings. The lowest BCUT2D eigenvalue weighted by molar-refractivity contribution is 0.269. The van der Waals surface area contributed by atoms with Gasteiger partial charge in [0.1, 0.15) is 12.9 Å². The topological polar surface area (TPSA) is 64.1 Å². The number of rotatable bonds is 8. The van der Waals surface area contributed by atoms with Crippen molar-refractivity contribution in [2.45, 2.75) is 27.0 Å². The Morgan fingerprint density at radius 3 is 2.74 bits per heavy atom. The number of nitrogens with zero attached hydrogens (tertiary/aromatic N) is 2. The summed E-state index contributed by atoms with van der Waals surface area (Å²) in [4.78, 5) is 0. The number of nitrogens with one attached hydrogen (secondary N) is 2. The lowest BCUT2D eigenvalue weighted by Crippen LogP contribution is -2.14. The summed E-state index contributed by atoms with van der Waals surface area (Å²) in [6.07, 6.45) is 1.60. The molecule has 3 rings (SSSR count). The monoisotopic (exact) mass is 448 g/mol. The number of hydrogen-bond acceptors (Lipinski definition) is 5. The SMILES string of the molecule is CCOc1cc(CNn2cn[nH]c2=S)c(Br)cc1OCc1cccc(C)c1. The van der Waals surface area contributed by atoms with Crippen LogP contribution in [0.3, 0.4) is 0 Å². The molecule has 0 aliphatic carbocycles. The Kier molecular flexibility index (Phi) is 6.52. The van der Waals surface area contributed by atoms with E-state index in [4.69, 9.17) is 21.7 Å². The van der Waals surface area contributed by atoms with E-state index in [0.717, 1.165) is 15.6 Å². The summed E-state index contributed by atoms with van der Waals surface area (Å²) >= 11 is 8.76. The molecule has 0 amide bonds. The van der Waals surface area contributed by atoms with Gasteiger partial charge in [0.25, 0.3) is 0 Å². The van der Waals surface area contributed by atoms with Gasteiger partial charge in [-0.1, -0.05) is 45.8 Å². The molecule has 0 aliphatic rings. The van der Waals surface area contributed by atoms with Gasteiger partial charge in [0, 0.05) is 4.47 Å². The smallest absolute Gasteiger partial charge is 0.214 e. The number of hydrogen-bond donors (Lipinski definition) is 2. The summed E-state index contributed by atoms with van der Waals surface area (Å²) in [6.45, 7) is 5.61. The number of benzene rings is 2. The first kappa shape index (κ1) is 19.4. The van der Waals surface area contributed by atoms with Crippen LogP contribution in [0.15, 0.2) is 47.2 Å². The van der Waals surface area contributed by atoms with E-state index >= 15 is 0 Å². The van der Waals surface area contributed by atoms with Crippen LogP contribution in [0.25, 0.3) is 0 Å². The van der Waals surface area contributed by atoms with Crippen molar-refractivity contribution in [2.24, 2.45) is 0 Å². The minimum Gasteiger partial charge on any atom is -0.490 e. The summed E-state index contributed by atoms with van der Waals surface area (Å²) in [7, 11) is 0. The highest BCUT2D eigenvalue weighted by molar-refractivity contribution is 9.10. The van der Waals surface area contributed by atoms with Crippen molar-refractivity contribution in [3.05, 3.63) is 68.7 Å². The molecule has 142 valence electrons. The van der Waals surface area contributed by atoms with Crippen LogP contribution < -0.4 is 14.9 Å². The molecule has 27 heavy (non-hydrogen) atoms.